The fourth-order valence-electron chi connectivity index (χ4n) is 3.94. The summed E-state index contributed by atoms with van der Waals surface area (Å²) in [7, 11) is -1.71. The van der Waals surface area contributed by atoms with E-state index in [-0.39, 0.29) is 12.2 Å². The summed E-state index contributed by atoms with van der Waals surface area (Å²) in [5, 5.41) is 5.52. The zero-order valence-electron chi connectivity index (χ0n) is 23.0. The van der Waals surface area contributed by atoms with Crippen LogP contribution in [0, 0.1) is 0 Å². The second-order valence-electron chi connectivity index (χ2n) is 9.71. The van der Waals surface area contributed by atoms with Crippen LogP contribution in [0.4, 0.5) is 4.79 Å². The molecule has 1 unspecified atom stereocenters. The van der Waals surface area contributed by atoms with Crippen molar-refractivity contribution in [3.05, 3.63) is 78.5 Å². The molecule has 0 aliphatic heterocycles. The molecule has 3 N–H and O–H groups in total. The maximum absolute atomic E-state index is 12.7. The van der Waals surface area contributed by atoms with Crippen molar-refractivity contribution in [2.45, 2.75) is 32.4 Å². The highest BCUT2D eigenvalue weighted by molar-refractivity contribution is 7.61. The van der Waals surface area contributed by atoms with E-state index in [2.05, 4.69) is 24.1 Å². The highest BCUT2D eigenvalue weighted by Crippen LogP contribution is 2.33. The smallest absolute Gasteiger partial charge is 0.405 e. The van der Waals surface area contributed by atoms with Crippen molar-refractivity contribution < 1.29 is 32.3 Å². The van der Waals surface area contributed by atoms with E-state index in [4.69, 9.17) is 5.73 Å². The largest absolute Gasteiger partial charge is 0.467 e. The van der Waals surface area contributed by atoms with Crippen LogP contribution in [0.25, 0.3) is 32.8 Å². The van der Waals surface area contributed by atoms with Crippen molar-refractivity contribution in [3.63, 3.8) is 0 Å². The van der Waals surface area contributed by atoms with Crippen LogP contribution in [0.5, 0.6) is 0 Å². The van der Waals surface area contributed by atoms with Gasteiger partial charge in [0.15, 0.2) is 6.04 Å². The summed E-state index contributed by atoms with van der Waals surface area (Å²) in [6, 6.07) is 21.8. The molecule has 12 heteroatoms. The Bertz CT molecular complexity index is 1720. The summed E-state index contributed by atoms with van der Waals surface area (Å²) in [4.78, 5) is 39.0. The molecule has 4 rings (SSSR count). The van der Waals surface area contributed by atoms with Gasteiger partial charge in [-0.05, 0) is 43.2 Å². The molecule has 0 saturated heterocycles. The van der Waals surface area contributed by atoms with E-state index in [0.717, 1.165) is 34.4 Å². The maximum atomic E-state index is 12.7. The first-order chi connectivity index (χ1) is 19.4. The summed E-state index contributed by atoms with van der Waals surface area (Å²) >= 11 is 0. The van der Waals surface area contributed by atoms with Gasteiger partial charge in [-0.1, -0.05) is 66.7 Å². The lowest BCUT2D eigenvalue weighted by molar-refractivity contribution is -0.141. The van der Waals surface area contributed by atoms with Gasteiger partial charge in [-0.25, -0.2) is 14.6 Å². The number of nitrogens with two attached hydrogens (primary N) is 1. The minimum absolute atomic E-state index is 0.127. The third kappa shape index (κ3) is 8.57. The van der Waals surface area contributed by atoms with Crippen LogP contribution < -0.4 is 11.1 Å². The van der Waals surface area contributed by atoms with Crippen LogP contribution >= 0.6 is 0 Å². The summed E-state index contributed by atoms with van der Waals surface area (Å²) in [6.45, 7) is 4.94. The number of carbonyl (C=O) groups is 3. The number of hydrogen-bond acceptors (Lipinski definition) is 9. The molecule has 2 amide bonds. The van der Waals surface area contributed by atoms with Crippen LogP contribution in [0.2, 0.25) is 0 Å². The molecule has 1 atom stereocenters. The maximum Gasteiger partial charge on any atom is 0.405 e. The highest BCUT2D eigenvalue weighted by Gasteiger charge is 2.21. The molecule has 0 aliphatic carbocycles. The molecule has 0 saturated carbocycles. The molecule has 1 aromatic heterocycles. The van der Waals surface area contributed by atoms with Crippen LogP contribution in [-0.2, 0) is 24.8 Å². The van der Waals surface area contributed by atoms with Crippen LogP contribution in [0.1, 0.15) is 31.3 Å². The first-order valence-electron chi connectivity index (χ1n) is 12.4. The molecule has 0 aliphatic rings. The van der Waals surface area contributed by atoms with Crippen LogP contribution in [-0.4, -0.2) is 56.7 Å². The Morgan fingerprint density at radius 2 is 1.56 bits per heavy atom. The van der Waals surface area contributed by atoms with Gasteiger partial charge in [0.2, 0.25) is 0 Å². The standard InChI is InChI=1S/C24H19N3O5S.C5H11NO2/c1-32-24(29)21(27-33(30)31)14-25-23(28)20-13-12-16-8-5-11-19(22(16)26-20)18-10-4-7-15-6-2-3-9-17(15)18;1-5(2,3)8-4(6)7/h2-13,21H,14H2,1H3,(H,25,28);1-3H3,(H2,6,7). The summed E-state index contributed by atoms with van der Waals surface area (Å²) in [5.41, 5.74) is 6.91. The molecular weight excluding hydrogens is 548 g/mol. The predicted octanol–water partition coefficient (Wildman–Crippen LogP) is 4.27. The van der Waals surface area contributed by atoms with E-state index in [9.17, 15) is 22.8 Å². The summed E-state index contributed by atoms with van der Waals surface area (Å²) in [6.07, 6.45) is -0.725. The molecular formula is C29H30N4O7S. The molecule has 3 aromatic carbocycles. The van der Waals surface area contributed by atoms with Crippen LogP contribution in [0.3, 0.4) is 0 Å². The van der Waals surface area contributed by atoms with Gasteiger partial charge in [0, 0.05) is 10.9 Å². The molecule has 4 aromatic rings. The quantitative estimate of drug-likeness (QED) is 0.320. The number of amides is 2. The molecule has 1 heterocycles. The number of rotatable bonds is 6. The Hall–Kier alpha value is -4.84. The average molecular weight is 579 g/mol. The van der Waals surface area contributed by atoms with Gasteiger partial charge < -0.3 is 20.5 Å². The van der Waals surface area contributed by atoms with Crippen molar-refractivity contribution in [3.8, 4) is 11.1 Å². The average Bonchev–Trinajstić information content (AvgIpc) is 2.92. The second kappa shape index (κ2) is 13.5. The van der Waals surface area contributed by atoms with Gasteiger partial charge >= 0.3 is 22.6 Å². The van der Waals surface area contributed by atoms with Crippen molar-refractivity contribution in [2.75, 3.05) is 13.7 Å². The first kappa shape index (κ1) is 30.7. The normalized spacial score (nSPS) is 11.5. The van der Waals surface area contributed by atoms with Gasteiger partial charge in [-0.2, -0.15) is 12.8 Å². The van der Waals surface area contributed by atoms with Gasteiger partial charge in [-0.3, -0.25) is 4.79 Å². The lowest BCUT2D eigenvalue weighted by atomic mass is 9.96. The summed E-state index contributed by atoms with van der Waals surface area (Å²) < 4.78 is 34.1. The van der Waals surface area contributed by atoms with E-state index in [1.807, 2.05) is 60.7 Å². The molecule has 0 fully saturated rings. The lowest BCUT2D eigenvalue weighted by Crippen LogP contribution is -2.36. The Labute approximate surface area is 238 Å². The van der Waals surface area contributed by atoms with Crippen molar-refractivity contribution in [1.82, 2.24) is 10.3 Å². The number of aromatic nitrogens is 1. The van der Waals surface area contributed by atoms with E-state index in [1.165, 1.54) is 0 Å². The van der Waals surface area contributed by atoms with Crippen molar-refractivity contribution in [1.29, 1.82) is 0 Å². The SMILES string of the molecule is CC(C)(C)OC(N)=O.COC(=O)C(CNC(=O)c1ccc2cccc(-c3cccc4ccccc34)c2n1)N=S(=O)=O. The third-order valence-corrected chi connectivity index (χ3v) is 6.01. The predicted molar refractivity (Wildman–Crippen MR) is 155 cm³/mol. The number of hydrogen-bond donors (Lipinski definition) is 2. The van der Waals surface area contributed by atoms with E-state index in [0.29, 0.717) is 5.52 Å². The summed E-state index contributed by atoms with van der Waals surface area (Å²) in [5.74, 6) is -1.44. The number of pyridine rings is 1. The minimum Gasteiger partial charge on any atom is -0.467 e. The van der Waals surface area contributed by atoms with Gasteiger partial charge in [0.1, 0.15) is 11.3 Å². The van der Waals surface area contributed by atoms with Gasteiger partial charge in [0.05, 0.1) is 19.2 Å². The molecule has 11 nitrogen and oxygen atoms in total. The number of para-hydroxylation sites is 1. The van der Waals surface area contributed by atoms with E-state index in [1.54, 1.807) is 32.9 Å². The highest BCUT2D eigenvalue weighted by atomic mass is 32.2. The van der Waals surface area contributed by atoms with Crippen molar-refractivity contribution in [2.24, 2.45) is 10.1 Å². The van der Waals surface area contributed by atoms with Crippen LogP contribution in [0.15, 0.2) is 77.2 Å². The molecule has 0 spiro atoms. The lowest BCUT2D eigenvalue weighted by Gasteiger charge is -2.16. The number of esters is 1. The Balaban J connectivity index is 0.000000507. The van der Waals surface area contributed by atoms with E-state index >= 15 is 0 Å². The molecule has 0 bridgehead atoms. The zero-order chi connectivity index (χ0) is 30.2. The zero-order valence-corrected chi connectivity index (χ0v) is 23.8. The monoisotopic (exact) mass is 578 g/mol. The number of primary amides is 1. The topological polar surface area (TPSA) is 167 Å². The first-order valence-corrected chi connectivity index (χ1v) is 13.5. The number of benzene rings is 3. The Kier molecular flexibility index (Phi) is 10.1. The number of nitrogens with one attached hydrogen (secondary N) is 1. The number of carbonyl (C=O) groups excluding carboxylic acids is 3. The third-order valence-electron chi connectivity index (χ3n) is 5.58. The van der Waals surface area contributed by atoms with Gasteiger partial charge in [0.25, 0.3) is 5.91 Å². The Morgan fingerprint density at radius 1 is 0.927 bits per heavy atom. The minimum atomic E-state index is -2.82. The number of ether oxygens (including phenoxy) is 2. The fourth-order valence-corrected chi connectivity index (χ4v) is 4.30. The second-order valence-corrected chi connectivity index (χ2v) is 10.4. The van der Waals surface area contributed by atoms with E-state index < -0.39 is 40.1 Å². The van der Waals surface area contributed by atoms with Gasteiger partial charge in [-0.15, -0.1) is 0 Å². The number of methoxy groups -OCH3 is 1. The number of nitrogens with zero attached hydrogens (tertiary/aromatic N) is 2. The molecule has 214 valence electrons. The number of fused-ring (bicyclic) bond motifs is 2. The van der Waals surface area contributed by atoms with Crippen molar-refractivity contribution >= 4 is 50.1 Å². The molecule has 0 radical (unpaired) electrons. The molecule has 41 heavy (non-hydrogen) atoms. The fraction of sp³-hybridized carbons (Fsp3) is 0.241. The Morgan fingerprint density at radius 3 is 2.17 bits per heavy atom.